The molecule has 6 heavy (non-hydrogen) atoms. The maximum absolute atomic E-state index is 8.65. The van der Waals surface area contributed by atoms with Crippen molar-refractivity contribution in [3.63, 3.8) is 0 Å². The van der Waals surface area contributed by atoms with Crippen LogP contribution in [0.4, 0.5) is 0 Å². The van der Waals surface area contributed by atoms with Gasteiger partial charge < -0.3 is 0 Å². The molecule has 0 aliphatic carbocycles. The zero-order chi connectivity index (χ0) is 4.41. The molecule has 0 bridgehead atoms. The van der Waals surface area contributed by atoms with Gasteiger partial charge in [-0.2, -0.15) is 0 Å². The number of nitrogens with one attached hydrogen (secondary N) is 1. The second-order valence-electron chi connectivity index (χ2n) is 1.18. The fraction of sp³-hybridized carbons (Fsp3) is 1.00. The Balaban J connectivity index is 2.18. The second kappa shape index (κ2) is 1.94. The summed E-state index contributed by atoms with van der Waals surface area (Å²) in [7, 11) is 0. The summed E-state index contributed by atoms with van der Waals surface area (Å²) < 4.78 is 0. The minimum absolute atomic E-state index is 0.141. The van der Waals surface area contributed by atoms with Crippen molar-refractivity contribution in [1.29, 1.82) is 0 Å². The number of rotatable bonds is 0. The number of aliphatic hydroxyl groups excluding tert-OH is 1. The van der Waals surface area contributed by atoms with Crippen LogP contribution in [-0.2, 0) is 0 Å². The van der Waals surface area contributed by atoms with E-state index in [1.165, 1.54) is 5.32 Å². The van der Waals surface area contributed by atoms with Gasteiger partial charge in [0.25, 0.3) is 0 Å². The fourth-order valence-corrected chi connectivity index (χ4v) is 1.87. The summed E-state index contributed by atoms with van der Waals surface area (Å²) in [4.78, 5) is 0. The molecule has 1 aliphatic rings. The van der Waals surface area contributed by atoms with Crippen molar-refractivity contribution in [2.75, 3.05) is 6.54 Å². The van der Waals surface area contributed by atoms with Gasteiger partial charge in [0.2, 0.25) is 0 Å². The Morgan fingerprint density at radius 3 is 2.83 bits per heavy atom. The van der Waals surface area contributed by atoms with Crippen molar-refractivity contribution in [2.45, 2.75) is 10.4 Å². The van der Waals surface area contributed by atoms with E-state index in [-0.39, 0.29) is 5.13 Å². The van der Waals surface area contributed by atoms with Crippen molar-refractivity contribution in [3.05, 3.63) is 0 Å². The predicted molar refractivity (Wildman–Crippen MR) is 24.6 cm³/mol. The summed E-state index contributed by atoms with van der Waals surface area (Å²) in [6.45, 7) is 1.02. The van der Waals surface area contributed by atoms with Gasteiger partial charge in [0.15, 0.2) is 0 Å². The van der Waals surface area contributed by atoms with Gasteiger partial charge in [-0.1, -0.05) is 0 Å². The summed E-state index contributed by atoms with van der Waals surface area (Å²) in [5.41, 5.74) is 0. The van der Waals surface area contributed by atoms with Gasteiger partial charge >= 0.3 is 42.4 Å². The Bertz CT molecular complexity index is 44.1. The molecule has 1 saturated heterocycles. The molecule has 2 N–H and O–H groups in total. The SMILES string of the molecule is OC1NCC[Se]1. The molecule has 1 heterocycles. The van der Waals surface area contributed by atoms with Crippen molar-refractivity contribution in [1.82, 2.24) is 5.32 Å². The maximum atomic E-state index is 8.65. The van der Waals surface area contributed by atoms with Gasteiger partial charge in [-0.3, -0.25) is 0 Å². The van der Waals surface area contributed by atoms with E-state index in [2.05, 4.69) is 5.32 Å². The molecular formula is C3H7NOSe. The van der Waals surface area contributed by atoms with Crippen molar-refractivity contribution >= 4 is 15.0 Å². The molecule has 1 rings (SSSR count). The number of hydrogen-bond donors (Lipinski definition) is 2. The number of aliphatic hydroxyl groups is 1. The molecule has 0 aromatic heterocycles. The van der Waals surface area contributed by atoms with E-state index in [0.29, 0.717) is 15.0 Å². The van der Waals surface area contributed by atoms with E-state index in [4.69, 9.17) is 5.11 Å². The second-order valence-corrected chi connectivity index (χ2v) is 3.67. The van der Waals surface area contributed by atoms with Gasteiger partial charge in [0.05, 0.1) is 0 Å². The molecule has 1 fully saturated rings. The van der Waals surface area contributed by atoms with Crippen molar-refractivity contribution in [2.24, 2.45) is 0 Å². The summed E-state index contributed by atoms with van der Waals surface area (Å²) in [5, 5.41) is 12.6. The topological polar surface area (TPSA) is 32.3 Å². The quantitative estimate of drug-likeness (QED) is 0.436. The van der Waals surface area contributed by atoms with Gasteiger partial charge in [0.1, 0.15) is 0 Å². The van der Waals surface area contributed by atoms with Crippen LogP contribution in [0.2, 0.25) is 5.32 Å². The van der Waals surface area contributed by atoms with Gasteiger partial charge in [-0.25, -0.2) is 0 Å². The van der Waals surface area contributed by atoms with Crippen LogP contribution in [-0.4, -0.2) is 31.7 Å². The molecule has 36 valence electrons. The van der Waals surface area contributed by atoms with Crippen LogP contribution in [0.5, 0.6) is 0 Å². The van der Waals surface area contributed by atoms with Crippen LogP contribution in [0.3, 0.4) is 0 Å². The molecule has 3 heteroatoms. The first-order chi connectivity index (χ1) is 2.89. The number of hydrogen-bond acceptors (Lipinski definition) is 2. The molecular weight excluding hydrogens is 145 g/mol. The monoisotopic (exact) mass is 153 g/mol. The zero-order valence-electron chi connectivity index (χ0n) is 3.35. The van der Waals surface area contributed by atoms with Crippen LogP contribution >= 0.6 is 0 Å². The van der Waals surface area contributed by atoms with E-state index in [0.717, 1.165) is 6.54 Å². The van der Waals surface area contributed by atoms with Gasteiger partial charge in [0, 0.05) is 0 Å². The van der Waals surface area contributed by atoms with E-state index in [1.54, 1.807) is 0 Å². The Hall–Kier alpha value is 0.439. The average Bonchev–Trinajstić information content (AvgIpc) is 1.86. The average molecular weight is 152 g/mol. The molecule has 0 saturated carbocycles. The van der Waals surface area contributed by atoms with E-state index in [9.17, 15) is 0 Å². The third-order valence-electron chi connectivity index (χ3n) is 0.697. The van der Waals surface area contributed by atoms with Crippen LogP contribution in [0.1, 0.15) is 0 Å². The van der Waals surface area contributed by atoms with E-state index < -0.39 is 0 Å². The normalized spacial score (nSPS) is 34.5. The predicted octanol–water partition coefficient (Wildman–Crippen LogP) is -1.01. The van der Waals surface area contributed by atoms with E-state index >= 15 is 0 Å². The first kappa shape index (κ1) is 4.59. The van der Waals surface area contributed by atoms with Gasteiger partial charge in [-0.05, 0) is 0 Å². The van der Waals surface area contributed by atoms with E-state index in [1.807, 2.05) is 0 Å². The Labute approximate surface area is 43.1 Å². The van der Waals surface area contributed by atoms with Crippen molar-refractivity contribution < 1.29 is 5.11 Å². The molecule has 0 radical (unpaired) electrons. The molecule has 0 spiro atoms. The molecule has 1 unspecified atom stereocenters. The van der Waals surface area contributed by atoms with Crippen LogP contribution in [0, 0.1) is 0 Å². The first-order valence-electron chi connectivity index (χ1n) is 1.92. The first-order valence-corrected chi connectivity index (χ1v) is 4.13. The summed E-state index contributed by atoms with van der Waals surface area (Å²) in [5.74, 6) is 0. The van der Waals surface area contributed by atoms with Gasteiger partial charge in [-0.15, -0.1) is 0 Å². The summed E-state index contributed by atoms with van der Waals surface area (Å²) >= 11 is 0.472. The molecule has 1 aliphatic heterocycles. The Kier molecular flexibility index (Phi) is 1.48. The third-order valence-corrected chi connectivity index (χ3v) is 2.63. The van der Waals surface area contributed by atoms with Crippen LogP contribution < -0.4 is 5.32 Å². The minimum atomic E-state index is -0.141. The zero-order valence-corrected chi connectivity index (χ0v) is 5.06. The Morgan fingerprint density at radius 1 is 1.83 bits per heavy atom. The van der Waals surface area contributed by atoms with Crippen LogP contribution in [0.15, 0.2) is 0 Å². The Morgan fingerprint density at radius 2 is 2.67 bits per heavy atom. The summed E-state index contributed by atoms with van der Waals surface area (Å²) in [6, 6.07) is 0. The molecule has 0 amide bonds. The molecule has 0 aromatic rings. The fourth-order valence-electron chi connectivity index (χ4n) is 0.412. The summed E-state index contributed by atoms with van der Waals surface area (Å²) in [6.07, 6.45) is 0. The van der Waals surface area contributed by atoms with Crippen LogP contribution in [0.25, 0.3) is 0 Å². The third kappa shape index (κ3) is 0.949. The van der Waals surface area contributed by atoms with Crippen molar-refractivity contribution in [3.8, 4) is 0 Å². The molecule has 1 atom stereocenters. The molecule has 2 nitrogen and oxygen atoms in total. The standard InChI is InChI=1S/C3H7NOSe/c5-3-4-1-2-6-3/h3-5H,1-2H2. The molecule has 0 aromatic carbocycles.